The fraction of sp³-hybridized carbons (Fsp3) is 0.385. The molecule has 0 atom stereocenters. The highest BCUT2D eigenvalue weighted by Gasteiger charge is 2.02. The molecular formula is C13H18N2O3. The Bertz CT molecular complexity index is 413. The Morgan fingerprint density at radius 2 is 2.06 bits per heavy atom. The van der Waals surface area contributed by atoms with Crippen LogP contribution in [-0.4, -0.2) is 30.0 Å². The minimum Gasteiger partial charge on any atom is -0.484 e. The minimum absolute atomic E-state index is 0.00637. The van der Waals surface area contributed by atoms with Gasteiger partial charge >= 0.3 is 0 Å². The first-order valence-corrected chi connectivity index (χ1v) is 5.86. The van der Waals surface area contributed by atoms with Gasteiger partial charge in [0.25, 0.3) is 5.91 Å². The van der Waals surface area contributed by atoms with Gasteiger partial charge in [-0.1, -0.05) is 12.1 Å². The predicted molar refractivity (Wildman–Crippen MR) is 69.2 cm³/mol. The van der Waals surface area contributed by atoms with Crippen LogP contribution in [-0.2, 0) is 4.79 Å². The second kappa shape index (κ2) is 7.32. The molecule has 1 aromatic rings. The highest BCUT2D eigenvalue weighted by molar-refractivity contribution is 5.98. The zero-order valence-electron chi connectivity index (χ0n) is 10.6. The van der Waals surface area contributed by atoms with E-state index in [-0.39, 0.29) is 12.5 Å². The molecule has 1 rings (SSSR count). The van der Waals surface area contributed by atoms with Gasteiger partial charge in [0.1, 0.15) is 5.75 Å². The standard InChI is InChI=1S/C13H18N2O3/c1-3-8-14-13(16)9-18-12-6-4-11(5-7-12)10(2)15-17/h4-7,17H,3,8-9H2,1-2H3,(H,14,16)/b15-10+. The molecule has 2 N–H and O–H groups in total. The maximum absolute atomic E-state index is 11.3. The lowest BCUT2D eigenvalue weighted by molar-refractivity contribution is -0.123. The molecule has 1 aromatic carbocycles. The van der Waals surface area contributed by atoms with Gasteiger partial charge in [-0.3, -0.25) is 4.79 Å². The van der Waals surface area contributed by atoms with E-state index in [1.807, 2.05) is 6.92 Å². The van der Waals surface area contributed by atoms with Gasteiger partial charge in [0.2, 0.25) is 0 Å². The van der Waals surface area contributed by atoms with Crippen LogP contribution in [0.15, 0.2) is 29.4 Å². The summed E-state index contributed by atoms with van der Waals surface area (Å²) in [7, 11) is 0. The van der Waals surface area contributed by atoms with Crippen molar-refractivity contribution in [3.05, 3.63) is 29.8 Å². The summed E-state index contributed by atoms with van der Waals surface area (Å²) in [6, 6.07) is 7.01. The first kappa shape index (κ1) is 14.0. The SMILES string of the molecule is CCCNC(=O)COc1ccc(/C(C)=N/O)cc1. The van der Waals surface area contributed by atoms with Gasteiger partial charge < -0.3 is 15.3 Å². The van der Waals surface area contributed by atoms with E-state index < -0.39 is 0 Å². The zero-order chi connectivity index (χ0) is 13.4. The molecule has 1 amide bonds. The van der Waals surface area contributed by atoms with Crippen molar-refractivity contribution in [2.45, 2.75) is 20.3 Å². The summed E-state index contributed by atoms with van der Waals surface area (Å²) in [5.41, 5.74) is 1.34. The maximum Gasteiger partial charge on any atom is 0.257 e. The number of ether oxygens (including phenoxy) is 1. The molecular weight excluding hydrogens is 232 g/mol. The Morgan fingerprint density at radius 1 is 1.39 bits per heavy atom. The molecule has 0 aliphatic rings. The highest BCUT2D eigenvalue weighted by Crippen LogP contribution is 2.12. The number of carbonyl (C=O) groups is 1. The van der Waals surface area contributed by atoms with E-state index in [9.17, 15) is 4.79 Å². The molecule has 5 nitrogen and oxygen atoms in total. The largest absolute Gasteiger partial charge is 0.484 e. The quantitative estimate of drug-likeness (QED) is 0.459. The number of benzene rings is 1. The number of oxime groups is 1. The summed E-state index contributed by atoms with van der Waals surface area (Å²) in [5.74, 6) is 0.477. The molecule has 0 saturated heterocycles. The Morgan fingerprint density at radius 3 is 2.61 bits per heavy atom. The van der Waals surface area contributed by atoms with Gasteiger partial charge in [-0.2, -0.15) is 0 Å². The monoisotopic (exact) mass is 250 g/mol. The lowest BCUT2D eigenvalue weighted by Crippen LogP contribution is -2.29. The normalized spacial score (nSPS) is 11.1. The number of nitrogens with zero attached hydrogens (tertiary/aromatic N) is 1. The van der Waals surface area contributed by atoms with E-state index in [0.717, 1.165) is 12.0 Å². The van der Waals surface area contributed by atoms with E-state index in [2.05, 4.69) is 10.5 Å². The predicted octanol–water partition coefficient (Wildman–Crippen LogP) is 1.79. The van der Waals surface area contributed by atoms with E-state index >= 15 is 0 Å². The van der Waals surface area contributed by atoms with Gasteiger partial charge in [-0.15, -0.1) is 0 Å². The second-order valence-electron chi connectivity index (χ2n) is 3.85. The van der Waals surface area contributed by atoms with E-state index in [4.69, 9.17) is 9.94 Å². The van der Waals surface area contributed by atoms with Crippen LogP contribution >= 0.6 is 0 Å². The molecule has 98 valence electrons. The topological polar surface area (TPSA) is 70.9 Å². The zero-order valence-corrected chi connectivity index (χ0v) is 10.6. The van der Waals surface area contributed by atoms with E-state index in [1.54, 1.807) is 31.2 Å². The summed E-state index contributed by atoms with van der Waals surface area (Å²) in [6.45, 7) is 4.36. The van der Waals surface area contributed by atoms with Crippen molar-refractivity contribution < 1.29 is 14.7 Å². The van der Waals surface area contributed by atoms with Gasteiger partial charge in [0.05, 0.1) is 5.71 Å². The average Bonchev–Trinajstić information content (AvgIpc) is 2.42. The third-order valence-corrected chi connectivity index (χ3v) is 2.36. The lowest BCUT2D eigenvalue weighted by Gasteiger charge is -2.07. The van der Waals surface area contributed by atoms with Crippen molar-refractivity contribution in [3.63, 3.8) is 0 Å². The van der Waals surface area contributed by atoms with Crippen LogP contribution < -0.4 is 10.1 Å². The van der Waals surface area contributed by atoms with Crippen molar-refractivity contribution >= 4 is 11.6 Å². The van der Waals surface area contributed by atoms with Crippen molar-refractivity contribution in [3.8, 4) is 5.75 Å². The van der Waals surface area contributed by atoms with Crippen LogP contribution in [0.3, 0.4) is 0 Å². The molecule has 0 saturated carbocycles. The summed E-state index contributed by atoms with van der Waals surface area (Å²) in [5, 5.41) is 14.5. The fourth-order valence-corrected chi connectivity index (χ4v) is 1.31. The Kier molecular flexibility index (Phi) is 5.70. The average molecular weight is 250 g/mol. The summed E-state index contributed by atoms with van der Waals surface area (Å²) < 4.78 is 5.32. The van der Waals surface area contributed by atoms with Crippen LogP contribution in [0.4, 0.5) is 0 Å². The van der Waals surface area contributed by atoms with Crippen molar-refractivity contribution in [2.24, 2.45) is 5.16 Å². The molecule has 5 heteroatoms. The van der Waals surface area contributed by atoms with Crippen molar-refractivity contribution in [2.75, 3.05) is 13.2 Å². The number of amides is 1. The van der Waals surface area contributed by atoms with E-state index in [0.29, 0.717) is 18.0 Å². The van der Waals surface area contributed by atoms with Crippen LogP contribution in [0.25, 0.3) is 0 Å². The third-order valence-electron chi connectivity index (χ3n) is 2.36. The summed E-state index contributed by atoms with van der Waals surface area (Å²) in [4.78, 5) is 11.3. The van der Waals surface area contributed by atoms with Crippen molar-refractivity contribution in [1.29, 1.82) is 0 Å². The second-order valence-corrected chi connectivity index (χ2v) is 3.85. The number of nitrogens with one attached hydrogen (secondary N) is 1. The van der Waals surface area contributed by atoms with Crippen LogP contribution in [0.1, 0.15) is 25.8 Å². The Hall–Kier alpha value is -2.04. The summed E-state index contributed by atoms with van der Waals surface area (Å²) >= 11 is 0. The van der Waals surface area contributed by atoms with Gasteiger partial charge in [0, 0.05) is 6.54 Å². The highest BCUT2D eigenvalue weighted by atomic mass is 16.5. The smallest absolute Gasteiger partial charge is 0.257 e. The molecule has 0 aromatic heterocycles. The van der Waals surface area contributed by atoms with Gasteiger partial charge in [-0.25, -0.2) is 0 Å². The molecule has 0 bridgehead atoms. The molecule has 0 fully saturated rings. The molecule has 0 heterocycles. The first-order valence-electron chi connectivity index (χ1n) is 5.86. The third kappa shape index (κ3) is 4.45. The molecule has 18 heavy (non-hydrogen) atoms. The van der Waals surface area contributed by atoms with Gasteiger partial charge in [-0.05, 0) is 43.2 Å². The number of hydrogen-bond acceptors (Lipinski definition) is 4. The lowest BCUT2D eigenvalue weighted by atomic mass is 10.1. The number of hydrogen-bond donors (Lipinski definition) is 2. The summed E-state index contributed by atoms with van der Waals surface area (Å²) in [6.07, 6.45) is 0.903. The minimum atomic E-state index is -0.131. The van der Waals surface area contributed by atoms with E-state index in [1.165, 1.54) is 0 Å². The molecule has 0 aliphatic heterocycles. The van der Waals surface area contributed by atoms with Crippen LogP contribution in [0.5, 0.6) is 5.75 Å². The fourth-order valence-electron chi connectivity index (χ4n) is 1.31. The Balaban J connectivity index is 2.47. The van der Waals surface area contributed by atoms with Crippen molar-refractivity contribution in [1.82, 2.24) is 5.32 Å². The molecule has 0 spiro atoms. The van der Waals surface area contributed by atoms with Crippen LogP contribution in [0.2, 0.25) is 0 Å². The van der Waals surface area contributed by atoms with Gasteiger partial charge in [0.15, 0.2) is 6.61 Å². The number of carbonyl (C=O) groups excluding carboxylic acids is 1. The molecule has 0 radical (unpaired) electrons. The maximum atomic E-state index is 11.3. The molecule has 0 aliphatic carbocycles. The first-order chi connectivity index (χ1) is 8.67. The Labute approximate surface area is 106 Å². The number of rotatable bonds is 6. The molecule has 0 unspecified atom stereocenters. The van der Waals surface area contributed by atoms with Crippen LogP contribution in [0, 0.1) is 0 Å².